The molecule has 4 heterocycles. The van der Waals surface area contributed by atoms with Gasteiger partial charge in [-0.3, -0.25) is 9.59 Å². The molecule has 3 aliphatic heterocycles. The second-order valence-corrected chi connectivity index (χ2v) is 8.49. The first kappa shape index (κ1) is 18.9. The van der Waals surface area contributed by atoms with Gasteiger partial charge in [0.05, 0.1) is 36.7 Å². The molecule has 30 heavy (non-hydrogen) atoms. The maximum atomic E-state index is 13.5. The number of carbonyl (C=O) groups excluding carboxylic acids is 2. The Morgan fingerprint density at radius 3 is 2.87 bits per heavy atom. The molecular formula is C23H24N4O3. The molecule has 5 rings (SSSR count). The fourth-order valence-electron chi connectivity index (χ4n) is 4.88. The van der Waals surface area contributed by atoms with Crippen LogP contribution >= 0.6 is 0 Å². The summed E-state index contributed by atoms with van der Waals surface area (Å²) in [6.07, 6.45) is 6.68. The minimum atomic E-state index is -0.726. The normalized spacial score (nSPS) is 28.8. The van der Waals surface area contributed by atoms with Gasteiger partial charge in [0.2, 0.25) is 11.8 Å². The van der Waals surface area contributed by atoms with E-state index in [1.165, 1.54) is 11.9 Å². The zero-order valence-corrected chi connectivity index (χ0v) is 17.3. The van der Waals surface area contributed by atoms with E-state index >= 15 is 0 Å². The minimum absolute atomic E-state index is 0.0427. The first-order valence-corrected chi connectivity index (χ1v) is 10.2. The molecule has 0 unspecified atom stereocenters. The van der Waals surface area contributed by atoms with Crippen LogP contribution in [0.4, 0.5) is 5.69 Å². The molecule has 1 aromatic heterocycles. The van der Waals surface area contributed by atoms with Crippen LogP contribution in [-0.4, -0.2) is 52.0 Å². The van der Waals surface area contributed by atoms with Crippen LogP contribution in [0.3, 0.4) is 0 Å². The van der Waals surface area contributed by atoms with Gasteiger partial charge in [-0.15, -0.1) is 0 Å². The van der Waals surface area contributed by atoms with Crippen molar-refractivity contribution in [3.8, 4) is 0 Å². The van der Waals surface area contributed by atoms with Crippen LogP contribution in [0.1, 0.15) is 16.8 Å². The van der Waals surface area contributed by atoms with Crippen molar-refractivity contribution < 1.29 is 14.3 Å². The van der Waals surface area contributed by atoms with Gasteiger partial charge in [0.15, 0.2) is 0 Å². The summed E-state index contributed by atoms with van der Waals surface area (Å²) in [5.74, 6) is -1.16. The highest BCUT2D eigenvalue weighted by molar-refractivity contribution is 6.03. The van der Waals surface area contributed by atoms with Crippen LogP contribution in [0.25, 0.3) is 0 Å². The van der Waals surface area contributed by atoms with E-state index in [-0.39, 0.29) is 17.9 Å². The van der Waals surface area contributed by atoms with Crippen LogP contribution in [0.15, 0.2) is 48.9 Å². The first-order chi connectivity index (χ1) is 14.4. The smallest absolute Gasteiger partial charge is 0.234 e. The number of amides is 2. The fourth-order valence-corrected chi connectivity index (χ4v) is 4.88. The topological polar surface area (TPSA) is 75.6 Å². The molecule has 0 aliphatic carbocycles. The average Bonchev–Trinajstić information content (AvgIpc) is 3.38. The number of hydrogen-bond donors (Lipinski definition) is 0. The van der Waals surface area contributed by atoms with Crippen molar-refractivity contribution in [3.05, 3.63) is 65.8 Å². The number of fused-ring (bicyclic) bond motifs is 1. The number of aryl methyl sites for hydroxylation is 2. The highest BCUT2D eigenvalue weighted by Crippen LogP contribution is 2.53. The Morgan fingerprint density at radius 2 is 2.13 bits per heavy atom. The van der Waals surface area contributed by atoms with E-state index < -0.39 is 17.4 Å². The Kier molecular flexibility index (Phi) is 4.25. The summed E-state index contributed by atoms with van der Waals surface area (Å²) in [6.45, 7) is 4.89. The molecule has 1 aromatic carbocycles. The monoisotopic (exact) mass is 404 g/mol. The molecule has 4 atom stereocenters. The van der Waals surface area contributed by atoms with E-state index in [2.05, 4.69) is 9.97 Å². The standard InChI is InChI=1S/C23H24N4O3/c1-14-4-5-17(10-15(14)2)27-12-23-8-6-18(30-23)19(20(23)22(27)29)21(28)26(3)11-16-7-9-24-13-25-16/h4-10,13,18-20H,11-12H2,1-3H3/t18-,19+,20-,23-/m0/s1. The highest BCUT2D eigenvalue weighted by atomic mass is 16.5. The summed E-state index contributed by atoms with van der Waals surface area (Å²) < 4.78 is 6.25. The van der Waals surface area contributed by atoms with Gasteiger partial charge >= 0.3 is 0 Å². The average molecular weight is 404 g/mol. The second-order valence-electron chi connectivity index (χ2n) is 8.49. The van der Waals surface area contributed by atoms with Crippen molar-refractivity contribution in [1.29, 1.82) is 0 Å². The lowest BCUT2D eigenvalue weighted by molar-refractivity contribution is -0.139. The lowest BCUT2D eigenvalue weighted by atomic mass is 9.76. The van der Waals surface area contributed by atoms with E-state index in [0.29, 0.717) is 13.1 Å². The maximum absolute atomic E-state index is 13.5. The number of ether oxygens (including phenoxy) is 1. The molecule has 2 bridgehead atoms. The van der Waals surface area contributed by atoms with Gasteiger partial charge in [-0.1, -0.05) is 18.2 Å². The molecule has 154 valence electrons. The molecule has 7 heteroatoms. The third-order valence-corrected chi connectivity index (χ3v) is 6.61. The predicted octanol–water partition coefficient (Wildman–Crippen LogP) is 2.04. The Bertz CT molecular complexity index is 1050. The number of benzene rings is 1. The maximum Gasteiger partial charge on any atom is 0.234 e. The van der Waals surface area contributed by atoms with Gasteiger partial charge in [-0.05, 0) is 43.2 Å². The van der Waals surface area contributed by atoms with Gasteiger partial charge in [0.25, 0.3) is 0 Å². The molecule has 0 N–H and O–H groups in total. The van der Waals surface area contributed by atoms with Crippen LogP contribution in [0.5, 0.6) is 0 Å². The molecule has 1 spiro atoms. The van der Waals surface area contributed by atoms with E-state index in [9.17, 15) is 9.59 Å². The summed E-state index contributed by atoms with van der Waals surface area (Å²) in [5.41, 5.74) is 3.20. The molecule has 2 amide bonds. The number of carbonyl (C=O) groups is 2. The molecule has 2 aromatic rings. The van der Waals surface area contributed by atoms with E-state index in [4.69, 9.17) is 4.74 Å². The Labute approximate surface area is 175 Å². The number of anilines is 1. The number of rotatable bonds is 4. The number of aromatic nitrogens is 2. The van der Waals surface area contributed by atoms with Gasteiger partial charge in [0, 0.05) is 18.9 Å². The molecular weight excluding hydrogens is 380 g/mol. The molecule has 7 nitrogen and oxygen atoms in total. The summed E-state index contributed by atoms with van der Waals surface area (Å²) in [6, 6.07) is 7.80. The van der Waals surface area contributed by atoms with Crippen molar-refractivity contribution in [2.24, 2.45) is 11.8 Å². The second kappa shape index (κ2) is 6.74. The summed E-state index contributed by atoms with van der Waals surface area (Å²) in [5, 5.41) is 0. The van der Waals surface area contributed by atoms with Crippen LogP contribution in [0.2, 0.25) is 0 Å². The molecule has 2 saturated heterocycles. The van der Waals surface area contributed by atoms with Crippen molar-refractivity contribution in [3.63, 3.8) is 0 Å². The zero-order valence-electron chi connectivity index (χ0n) is 17.3. The third-order valence-electron chi connectivity index (χ3n) is 6.61. The molecule has 2 fully saturated rings. The predicted molar refractivity (Wildman–Crippen MR) is 110 cm³/mol. The summed E-state index contributed by atoms with van der Waals surface area (Å²) in [4.78, 5) is 38.4. The van der Waals surface area contributed by atoms with E-state index in [1.807, 2.05) is 44.2 Å². The van der Waals surface area contributed by atoms with Crippen LogP contribution < -0.4 is 4.90 Å². The molecule has 0 saturated carbocycles. The van der Waals surface area contributed by atoms with Crippen LogP contribution in [0, 0.1) is 25.7 Å². The lowest BCUT2D eigenvalue weighted by Crippen LogP contribution is -2.44. The van der Waals surface area contributed by atoms with Crippen molar-refractivity contribution in [1.82, 2.24) is 14.9 Å². The largest absolute Gasteiger partial charge is 0.360 e. The SMILES string of the molecule is Cc1ccc(N2C[C@]34C=C[C@H](O3)[C@@H](C(=O)N(C)Cc3ccncn3)[C@H]4C2=O)cc1C. The Balaban J connectivity index is 1.42. The minimum Gasteiger partial charge on any atom is -0.360 e. The fraction of sp³-hybridized carbons (Fsp3) is 0.391. The highest BCUT2D eigenvalue weighted by Gasteiger charge is 2.67. The Hall–Kier alpha value is -3.06. The summed E-state index contributed by atoms with van der Waals surface area (Å²) >= 11 is 0. The van der Waals surface area contributed by atoms with Crippen molar-refractivity contribution in [2.45, 2.75) is 32.1 Å². The summed E-state index contributed by atoms with van der Waals surface area (Å²) in [7, 11) is 1.74. The quantitative estimate of drug-likeness (QED) is 0.729. The first-order valence-electron chi connectivity index (χ1n) is 10.2. The third kappa shape index (κ3) is 2.76. The van der Waals surface area contributed by atoms with Crippen LogP contribution in [-0.2, 0) is 20.9 Å². The number of nitrogens with zero attached hydrogens (tertiary/aromatic N) is 4. The van der Waals surface area contributed by atoms with Crippen molar-refractivity contribution >= 4 is 17.5 Å². The molecule has 3 aliphatic rings. The van der Waals surface area contributed by atoms with Gasteiger partial charge in [-0.25, -0.2) is 9.97 Å². The van der Waals surface area contributed by atoms with Gasteiger partial charge in [0.1, 0.15) is 11.9 Å². The zero-order chi connectivity index (χ0) is 21.0. The molecule has 0 radical (unpaired) electrons. The van der Waals surface area contributed by atoms with Gasteiger partial charge in [-0.2, -0.15) is 0 Å². The van der Waals surface area contributed by atoms with Gasteiger partial charge < -0.3 is 14.5 Å². The Morgan fingerprint density at radius 1 is 1.30 bits per heavy atom. The number of hydrogen-bond acceptors (Lipinski definition) is 5. The lowest BCUT2D eigenvalue weighted by Gasteiger charge is -2.27. The van der Waals surface area contributed by atoms with Crippen molar-refractivity contribution in [2.75, 3.05) is 18.5 Å². The van der Waals surface area contributed by atoms with E-state index in [0.717, 1.165) is 16.9 Å². The van der Waals surface area contributed by atoms with E-state index in [1.54, 1.807) is 29.1 Å².